The summed E-state index contributed by atoms with van der Waals surface area (Å²) < 4.78 is 11.1. The highest BCUT2D eigenvalue weighted by Gasteiger charge is 2.46. The predicted molar refractivity (Wildman–Crippen MR) is 126 cm³/mol. The van der Waals surface area contributed by atoms with Gasteiger partial charge in [0.25, 0.3) is 11.7 Å². The zero-order valence-corrected chi connectivity index (χ0v) is 20.1. The number of aromatic nitrogens is 1. The zero-order chi connectivity index (χ0) is 24.3. The van der Waals surface area contributed by atoms with E-state index < -0.39 is 17.7 Å². The average molecular weight is 453 g/mol. The molecule has 1 saturated heterocycles. The largest absolute Gasteiger partial charge is 0.507 e. The van der Waals surface area contributed by atoms with Crippen LogP contribution in [0.4, 0.5) is 0 Å². The van der Waals surface area contributed by atoms with Crippen LogP contribution in [0.2, 0.25) is 0 Å². The number of rotatable bonds is 8. The minimum absolute atomic E-state index is 0.00457. The summed E-state index contributed by atoms with van der Waals surface area (Å²) in [7, 11) is 1.60. The molecule has 1 aromatic carbocycles. The molecule has 1 fully saturated rings. The van der Waals surface area contributed by atoms with Crippen LogP contribution in [-0.2, 0) is 14.3 Å². The zero-order valence-electron chi connectivity index (χ0n) is 20.1. The summed E-state index contributed by atoms with van der Waals surface area (Å²) in [4.78, 5) is 31.8. The lowest BCUT2D eigenvalue weighted by Gasteiger charge is -2.25. The molecular formula is C26H32N2O5. The Kier molecular flexibility index (Phi) is 7.53. The van der Waals surface area contributed by atoms with Crippen LogP contribution < -0.4 is 4.74 Å². The topological polar surface area (TPSA) is 89.0 Å². The van der Waals surface area contributed by atoms with Crippen molar-refractivity contribution < 1.29 is 24.2 Å². The van der Waals surface area contributed by atoms with Crippen molar-refractivity contribution >= 4 is 17.4 Å². The Morgan fingerprint density at radius 3 is 2.52 bits per heavy atom. The molecule has 0 aliphatic carbocycles. The Morgan fingerprint density at radius 1 is 1.21 bits per heavy atom. The van der Waals surface area contributed by atoms with Crippen molar-refractivity contribution in [3.05, 3.63) is 64.5 Å². The number of ether oxygens (including phenoxy) is 2. The molecule has 1 unspecified atom stereocenters. The Balaban J connectivity index is 2.17. The fraction of sp³-hybridized carbons (Fsp3) is 0.423. The minimum Gasteiger partial charge on any atom is -0.507 e. The molecule has 7 nitrogen and oxygen atoms in total. The lowest BCUT2D eigenvalue weighted by atomic mass is 9.91. The molecule has 1 amide bonds. The van der Waals surface area contributed by atoms with E-state index in [9.17, 15) is 14.7 Å². The van der Waals surface area contributed by atoms with Crippen LogP contribution in [0.15, 0.2) is 42.2 Å². The highest BCUT2D eigenvalue weighted by Crippen LogP contribution is 2.41. The molecule has 2 heterocycles. The molecule has 1 aliphatic heterocycles. The van der Waals surface area contributed by atoms with Crippen molar-refractivity contribution in [2.24, 2.45) is 0 Å². The van der Waals surface area contributed by atoms with Gasteiger partial charge in [-0.15, -0.1) is 0 Å². The maximum absolute atomic E-state index is 13.2. The van der Waals surface area contributed by atoms with Crippen molar-refractivity contribution in [3.63, 3.8) is 0 Å². The number of aliphatic hydroxyl groups is 1. The number of aliphatic hydroxyl groups excluding tert-OH is 1. The van der Waals surface area contributed by atoms with E-state index in [4.69, 9.17) is 9.47 Å². The number of hydrogen-bond acceptors (Lipinski definition) is 6. The molecule has 2 aromatic rings. The van der Waals surface area contributed by atoms with E-state index in [1.165, 1.54) is 4.90 Å². The number of benzene rings is 1. The van der Waals surface area contributed by atoms with E-state index in [1.54, 1.807) is 31.6 Å². The third-order valence-electron chi connectivity index (χ3n) is 5.78. The number of hydrogen-bond donors (Lipinski definition) is 1. The highest BCUT2D eigenvalue weighted by atomic mass is 16.5. The van der Waals surface area contributed by atoms with Gasteiger partial charge < -0.3 is 19.5 Å². The molecule has 1 atom stereocenters. The van der Waals surface area contributed by atoms with E-state index in [-0.39, 0.29) is 36.5 Å². The second-order valence-electron chi connectivity index (χ2n) is 8.76. The number of Topliss-reactive ketones (excluding diaryl/α,β-unsaturated/α-hetero) is 1. The van der Waals surface area contributed by atoms with Crippen LogP contribution in [0.1, 0.15) is 61.9 Å². The van der Waals surface area contributed by atoms with Gasteiger partial charge in [0.2, 0.25) is 0 Å². The van der Waals surface area contributed by atoms with Crippen molar-refractivity contribution in [1.82, 2.24) is 9.88 Å². The average Bonchev–Trinajstić information content (AvgIpc) is 3.03. The predicted octanol–water partition coefficient (Wildman–Crippen LogP) is 4.37. The molecule has 0 bridgehead atoms. The number of ketones is 1. The Labute approximate surface area is 195 Å². The first-order valence-corrected chi connectivity index (χ1v) is 11.2. The van der Waals surface area contributed by atoms with Crippen LogP contribution in [-0.4, -0.2) is 53.0 Å². The minimum atomic E-state index is -0.751. The van der Waals surface area contributed by atoms with Crippen molar-refractivity contribution in [2.45, 2.75) is 52.7 Å². The van der Waals surface area contributed by atoms with E-state index >= 15 is 0 Å². The van der Waals surface area contributed by atoms with Crippen molar-refractivity contribution in [3.8, 4) is 5.75 Å². The molecule has 1 N–H and O–H groups in total. The Hall–Kier alpha value is -3.19. The summed E-state index contributed by atoms with van der Waals surface area (Å²) in [6, 6.07) is 6.47. The smallest absolute Gasteiger partial charge is 0.295 e. The molecule has 1 aromatic heterocycles. The molecule has 0 spiro atoms. The standard InChI is InChI=1S/C26H32N2O5/c1-15(2)19-13-20(17(5)12-21(19)32-6)24(29)22-23(18-8-7-9-27-14-18)28(26(31)25(22)30)10-11-33-16(3)4/h7-9,12-16,23,29H,10-11H2,1-6H3/b24-22+. The van der Waals surface area contributed by atoms with Crippen LogP contribution in [0, 0.1) is 6.92 Å². The number of aryl methyl sites for hydroxylation is 1. The second-order valence-corrected chi connectivity index (χ2v) is 8.76. The number of carbonyl (C=O) groups excluding carboxylic acids is 2. The number of amides is 1. The molecule has 176 valence electrons. The SMILES string of the molecule is COc1cc(C)c(/C(O)=C2\C(=O)C(=O)N(CCOC(C)C)C2c2cccnc2)cc1C(C)C. The van der Waals surface area contributed by atoms with Crippen molar-refractivity contribution in [2.75, 3.05) is 20.3 Å². The molecule has 0 saturated carbocycles. The van der Waals surface area contributed by atoms with Crippen LogP contribution >= 0.6 is 0 Å². The molecular weight excluding hydrogens is 420 g/mol. The normalized spacial score (nSPS) is 17.9. The number of nitrogens with zero attached hydrogens (tertiary/aromatic N) is 2. The van der Waals surface area contributed by atoms with E-state index in [1.807, 2.05) is 46.8 Å². The van der Waals surface area contributed by atoms with Gasteiger partial charge in [-0.25, -0.2) is 0 Å². The Morgan fingerprint density at radius 2 is 1.94 bits per heavy atom. The number of likely N-dealkylation sites (tertiary alicyclic amines) is 1. The number of carbonyl (C=O) groups is 2. The molecule has 7 heteroatoms. The second kappa shape index (κ2) is 10.2. The van der Waals surface area contributed by atoms with Gasteiger partial charge in [-0.05, 0) is 61.6 Å². The van der Waals surface area contributed by atoms with Crippen LogP contribution in [0.3, 0.4) is 0 Å². The maximum Gasteiger partial charge on any atom is 0.295 e. The molecule has 3 rings (SSSR count). The lowest BCUT2D eigenvalue weighted by Crippen LogP contribution is -2.33. The first-order chi connectivity index (χ1) is 15.7. The molecule has 1 aliphatic rings. The summed E-state index contributed by atoms with van der Waals surface area (Å²) >= 11 is 0. The van der Waals surface area contributed by atoms with Gasteiger partial charge in [-0.3, -0.25) is 14.6 Å². The molecule has 33 heavy (non-hydrogen) atoms. The van der Waals surface area contributed by atoms with Gasteiger partial charge in [-0.2, -0.15) is 0 Å². The first-order valence-electron chi connectivity index (χ1n) is 11.2. The van der Waals surface area contributed by atoms with Gasteiger partial charge in [0.05, 0.1) is 31.4 Å². The number of pyridine rings is 1. The highest BCUT2D eigenvalue weighted by molar-refractivity contribution is 6.46. The van der Waals surface area contributed by atoms with E-state index in [0.717, 1.165) is 11.1 Å². The van der Waals surface area contributed by atoms with Crippen LogP contribution in [0.25, 0.3) is 5.76 Å². The quantitative estimate of drug-likeness (QED) is 0.363. The monoisotopic (exact) mass is 452 g/mol. The Bertz CT molecular complexity index is 1060. The van der Waals surface area contributed by atoms with Crippen molar-refractivity contribution in [1.29, 1.82) is 0 Å². The van der Waals surface area contributed by atoms with Crippen LogP contribution in [0.5, 0.6) is 5.75 Å². The summed E-state index contributed by atoms with van der Waals surface area (Å²) in [5, 5.41) is 11.4. The third-order valence-corrected chi connectivity index (χ3v) is 5.78. The summed E-state index contributed by atoms with van der Waals surface area (Å²) in [6.07, 6.45) is 3.23. The van der Waals surface area contributed by atoms with Gasteiger partial charge >= 0.3 is 0 Å². The summed E-state index contributed by atoms with van der Waals surface area (Å²) in [5.74, 6) is -0.720. The summed E-state index contributed by atoms with van der Waals surface area (Å²) in [6.45, 7) is 10.2. The fourth-order valence-corrected chi connectivity index (χ4v) is 4.11. The summed E-state index contributed by atoms with van der Waals surface area (Å²) in [5.41, 5.74) is 2.86. The first kappa shape index (κ1) is 24.5. The number of methoxy groups -OCH3 is 1. The fourth-order valence-electron chi connectivity index (χ4n) is 4.11. The van der Waals surface area contributed by atoms with Gasteiger partial charge in [0.15, 0.2) is 0 Å². The maximum atomic E-state index is 13.2. The van der Waals surface area contributed by atoms with E-state index in [0.29, 0.717) is 16.9 Å². The molecule has 0 radical (unpaired) electrons. The van der Waals surface area contributed by atoms with Gasteiger partial charge in [0.1, 0.15) is 11.5 Å². The van der Waals surface area contributed by atoms with Gasteiger partial charge in [0, 0.05) is 24.5 Å². The lowest BCUT2D eigenvalue weighted by molar-refractivity contribution is -0.140. The van der Waals surface area contributed by atoms with E-state index in [2.05, 4.69) is 4.98 Å². The van der Waals surface area contributed by atoms with Gasteiger partial charge in [-0.1, -0.05) is 19.9 Å². The third kappa shape index (κ3) is 4.93.